The molecule has 3 heteroatoms. The molecule has 25 heavy (non-hydrogen) atoms. The highest BCUT2D eigenvalue weighted by Gasteiger charge is 2.51. The molecule has 1 saturated heterocycles. The summed E-state index contributed by atoms with van der Waals surface area (Å²) in [6.45, 7) is 8.38. The number of fused-ring (bicyclic) bond motifs is 3. The van der Waals surface area contributed by atoms with Gasteiger partial charge in [-0.05, 0) is 66.2 Å². The summed E-state index contributed by atoms with van der Waals surface area (Å²) in [4.78, 5) is 0. The Labute approximate surface area is 148 Å². The molecule has 0 spiro atoms. The molecule has 124 valence electrons. The number of hydrogen-bond donors (Lipinski definition) is 0. The Morgan fingerprint density at radius 2 is 1.28 bits per heavy atom. The normalized spacial score (nSPS) is 19.4. The van der Waals surface area contributed by atoms with Crippen molar-refractivity contribution in [2.24, 2.45) is 0 Å². The summed E-state index contributed by atoms with van der Waals surface area (Å²) in [5.41, 5.74) is 5.65. The van der Waals surface area contributed by atoms with E-state index in [0.717, 1.165) is 5.46 Å². The van der Waals surface area contributed by atoms with E-state index in [0.29, 0.717) is 0 Å². The summed E-state index contributed by atoms with van der Waals surface area (Å²) in [5.74, 6) is 0. The lowest BCUT2D eigenvalue weighted by Crippen LogP contribution is -2.41. The van der Waals surface area contributed by atoms with E-state index >= 15 is 0 Å². The summed E-state index contributed by atoms with van der Waals surface area (Å²) in [7, 11) is -0.321. The number of rotatable bonds is 1. The van der Waals surface area contributed by atoms with Crippen LogP contribution >= 0.6 is 0 Å². The summed E-state index contributed by atoms with van der Waals surface area (Å²) in [5, 5.41) is 2.65. The van der Waals surface area contributed by atoms with Crippen LogP contribution in [0.15, 0.2) is 54.6 Å². The average Bonchev–Trinajstić information content (AvgIpc) is 3.01. The van der Waals surface area contributed by atoms with Crippen LogP contribution in [0.3, 0.4) is 0 Å². The predicted octanol–water partition coefficient (Wildman–Crippen LogP) is 4.79. The molecule has 0 amide bonds. The fourth-order valence-electron chi connectivity index (χ4n) is 3.94. The third kappa shape index (κ3) is 2.00. The highest BCUT2D eigenvalue weighted by molar-refractivity contribution is 6.62. The van der Waals surface area contributed by atoms with Crippen molar-refractivity contribution < 1.29 is 9.31 Å². The standard InChI is InChI=1S/C22H21BO2/c1-21(2)22(3,4)25-23(24-21)15-11-12-16-17-9-5-7-14-8-6-10-18(20(14)17)19(16)13-15/h5-13H,1-4H3. The molecule has 1 heterocycles. The molecule has 1 aliphatic carbocycles. The van der Waals surface area contributed by atoms with Crippen LogP contribution in [0.5, 0.6) is 0 Å². The fraction of sp³-hybridized carbons (Fsp3) is 0.273. The molecule has 2 aliphatic rings. The quantitative estimate of drug-likeness (QED) is 0.468. The van der Waals surface area contributed by atoms with Crippen LogP contribution in [-0.4, -0.2) is 18.3 Å². The molecule has 0 bridgehead atoms. The molecular weight excluding hydrogens is 307 g/mol. The van der Waals surface area contributed by atoms with Gasteiger partial charge in [0.05, 0.1) is 11.2 Å². The Morgan fingerprint density at radius 3 is 1.92 bits per heavy atom. The monoisotopic (exact) mass is 328 g/mol. The van der Waals surface area contributed by atoms with Crippen molar-refractivity contribution in [1.29, 1.82) is 0 Å². The molecule has 0 saturated carbocycles. The highest BCUT2D eigenvalue weighted by Crippen LogP contribution is 2.46. The minimum Gasteiger partial charge on any atom is -0.399 e. The van der Waals surface area contributed by atoms with Crippen molar-refractivity contribution in [2.45, 2.75) is 38.9 Å². The molecule has 2 nitrogen and oxygen atoms in total. The second kappa shape index (κ2) is 4.75. The molecule has 3 aromatic rings. The minimum absolute atomic E-state index is 0.320. The van der Waals surface area contributed by atoms with Crippen LogP contribution in [0.1, 0.15) is 27.7 Å². The van der Waals surface area contributed by atoms with Gasteiger partial charge < -0.3 is 9.31 Å². The van der Waals surface area contributed by atoms with Crippen LogP contribution in [0.25, 0.3) is 33.0 Å². The molecule has 1 aliphatic heterocycles. The zero-order valence-electron chi connectivity index (χ0n) is 15.1. The van der Waals surface area contributed by atoms with Crippen LogP contribution < -0.4 is 5.46 Å². The van der Waals surface area contributed by atoms with Crippen LogP contribution in [-0.2, 0) is 9.31 Å². The van der Waals surface area contributed by atoms with Gasteiger partial charge in [-0.15, -0.1) is 0 Å². The molecule has 0 radical (unpaired) electrons. The smallest absolute Gasteiger partial charge is 0.399 e. The van der Waals surface area contributed by atoms with Crippen molar-refractivity contribution in [1.82, 2.24) is 0 Å². The van der Waals surface area contributed by atoms with E-state index in [-0.39, 0.29) is 18.3 Å². The maximum absolute atomic E-state index is 6.24. The fourth-order valence-corrected chi connectivity index (χ4v) is 3.94. The minimum atomic E-state index is -0.321. The van der Waals surface area contributed by atoms with Gasteiger partial charge in [-0.2, -0.15) is 0 Å². The second-order valence-corrected chi connectivity index (χ2v) is 8.10. The topological polar surface area (TPSA) is 18.5 Å². The second-order valence-electron chi connectivity index (χ2n) is 8.10. The van der Waals surface area contributed by atoms with E-state index in [9.17, 15) is 0 Å². The lowest BCUT2D eigenvalue weighted by molar-refractivity contribution is 0.00578. The van der Waals surface area contributed by atoms with Crippen LogP contribution in [0.2, 0.25) is 0 Å². The van der Waals surface area contributed by atoms with Crippen molar-refractivity contribution in [2.75, 3.05) is 0 Å². The Bertz CT molecular complexity index is 998. The van der Waals surface area contributed by atoms with Gasteiger partial charge in [-0.1, -0.05) is 54.6 Å². The maximum atomic E-state index is 6.24. The Morgan fingerprint density at radius 1 is 0.680 bits per heavy atom. The predicted molar refractivity (Wildman–Crippen MR) is 104 cm³/mol. The summed E-state index contributed by atoms with van der Waals surface area (Å²) in [6.07, 6.45) is 0. The van der Waals surface area contributed by atoms with E-state index in [1.165, 1.54) is 33.0 Å². The van der Waals surface area contributed by atoms with Crippen LogP contribution in [0.4, 0.5) is 0 Å². The first-order chi connectivity index (χ1) is 11.9. The molecule has 0 unspecified atom stereocenters. The lowest BCUT2D eigenvalue weighted by Gasteiger charge is -2.32. The van der Waals surface area contributed by atoms with Gasteiger partial charge in [0, 0.05) is 0 Å². The first-order valence-electron chi connectivity index (χ1n) is 8.89. The van der Waals surface area contributed by atoms with Gasteiger partial charge in [-0.25, -0.2) is 0 Å². The van der Waals surface area contributed by atoms with Crippen molar-refractivity contribution in [3.8, 4) is 22.3 Å². The Balaban J connectivity index is 1.65. The maximum Gasteiger partial charge on any atom is 0.494 e. The number of hydrogen-bond acceptors (Lipinski definition) is 2. The van der Waals surface area contributed by atoms with E-state index < -0.39 is 0 Å². The zero-order valence-corrected chi connectivity index (χ0v) is 15.1. The molecule has 0 aromatic heterocycles. The summed E-state index contributed by atoms with van der Waals surface area (Å²) < 4.78 is 12.5. The van der Waals surface area contributed by atoms with E-state index in [1.807, 2.05) is 0 Å². The molecule has 0 atom stereocenters. The molecular formula is C22H21BO2. The zero-order chi connectivity index (χ0) is 17.4. The van der Waals surface area contributed by atoms with Crippen LogP contribution in [0, 0.1) is 0 Å². The number of benzene rings is 3. The molecule has 1 fully saturated rings. The first-order valence-corrected chi connectivity index (χ1v) is 8.89. The van der Waals surface area contributed by atoms with Gasteiger partial charge in [0.1, 0.15) is 0 Å². The first kappa shape index (κ1) is 15.2. The Kier molecular flexibility index (Phi) is 2.88. The SMILES string of the molecule is CC1(C)OB(c2ccc3c(c2)-c2cccc4cccc-3c24)OC1(C)C. The third-order valence-corrected chi connectivity index (χ3v) is 6.05. The van der Waals surface area contributed by atoms with Crippen molar-refractivity contribution in [3.63, 3.8) is 0 Å². The van der Waals surface area contributed by atoms with Crippen molar-refractivity contribution in [3.05, 3.63) is 54.6 Å². The third-order valence-electron chi connectivity index (χ3n) is 6.05. The Hall–Kier alpha value is -2.10. The van der Waals surface area contributed by atoms with Gasteiger partial charge in [-0.3, -0.25) is 0 Å². The molecule has 0 N–H and O–H groups in total. The average molecular weight is 328 g/mol. The van der Waals surface area contributed by atoms with E-state index in [1.54, 1.807) is 0 Å². The van der Waals surface area contributed by atoms with E-state index in [2.05, 4.69) is 82.3 Å². The van der Waals surface area contributed by atoms with Gasteiger partial charge in [0.2, 0.25) is 0 Å². The molecule has 3 aromatic carbocycles. The lowest BCUT2D eigenvalue weighted by atomic mass is 9.77. The summed E-state index contributed by atoms with van der Waals surface area (Å²) in [6, 6.07) is 19.7. The highest BCUT2D eigenvalue weighted by atomic mass is 16.7. The van der Waals surface area contributed by atoms with Gasteiger partial charge in [0.25, 0.3) is 0 Å². The summed E-state index contributed by atoms with van der Waals surface area (Å²) >= 11 is 0. The van der Waals surface area contributed by atoms with Gasteiger partial charge in [0.15, 0.2) is 0 Å². The molecule has 5 rings (SSSR count). The van der Waals surface area contributed by atoms with Gasteiger partial charge >= 0.3 is 7.12 Å². The van der Waals surface area contributed by atoms with Crippen molar-refractivity contribution >= 4 is 23.4 Å². The van der Waals surface area contributed by atoms with E-state index in [4.69, 9.17) is 9.31 Å². The largest absolute Gasteiger partial charge is 0.494 e.